The van der Waals surface area contributed by atoms with Gasteiger partial charge in [0.15, 0.2) is 0 Å². The van der Waals surface area contributed by atoms with Gasteiger partial charge in [0.2, 0.25) is 0 Å². The Morgan fingerprint density at radius 3 is 2.60 bits per heavy atom. The van der Waals surface area contributed by atoms with E-state index < -0.39 is 0 Å². The second kappa shape index (κ2) is 8.75. The number of amidine groups is 1. The van der Waals surface area contributed by atoms with Crippen LogP contribution in [-0.4, -0.2) is 18.9 Å². The number of rotatable bonds is 7. The minimum absolute atomic E-state index is 1.04. The predicted octanol–water partition coefficient (Wildman–Crippen LogP) is 3.52. The fourth-order valence-corrected chi connectivity index (χ4v) is 1.98. The van der Waals surface area contributed by atoms with Crippen LogP contribution in [0.15, 0.2) is 4.99 Å². The largest absolute Gasteiger partial charge is 0.374 e. The van der Waals surface area contributed by atoms with Crippen molar-refractivity contribution in [1.29, 1.82) is 0 Å². The van der Waals surface area contributed by atoms with E-state index in [1.165, 1.54) is 63.6 Å². The van der Waals surface area contributed by atoms with Gasteiger partial charge in [0.1, 0.15) is 0 Å². The molecule has 88 valence electrons. The van der Waals surface area contributed by atoms with Gasteiger partial charge in [0.05, 0.1) is 5.84 Å². The van der Waals surface area contributed by atoms with E-state index in [9.17, 15) is 0 Å². The third-order valence-electron chi connectivity index (χ3n) is 2.98. The third-order valence-corrected chi connectivity index (χ3v) is 2.98. The number of nitrogens with zero attached hydrogens (tertiary/aromatic N) is 1. The zero-order valence-corrected chi connectivity index (χ0v) is 10.2. The SMILES string of the molecule is CCCCCCCCNC1=NCCCC1. The molecule has 0 aliphatic carbocycles. The number of hydrogen-bond acceptors (Lipinski definition) is 2. The molecule has 1 N–H and O–H groups in total. The van der Waals surface area contributed by atoms with Crippen LogP contribution >= 0.6 is 0 Å². The lowest BCUT2D eigenvalue weighted by Crippen LogP contribution is -2.26. The van der Waals surface area contributed by atoms with E-state index >= 15 is 0 Å². The highest BCUT2D eigenvalue weighted by atomic mass is 15.0. The van der Waals surface area contributed by atoms with Crippen LogP contribution in [0.25, 0.3) is 0 Å². The summed E-state index contributed by atoms with van der Waals surface area (Å²) in [6.45, 7) is 4.44. The van der Waals surface area contributed by atoms with Gasteiger partial charge in [0, 0.05) is 19.5 Å². The lowest BCUT2D eigenvalue weighted by Gasteiger charge is -2.13. The van der Waals surface area contributed by atoms with Crippen LogP contribution in [0.5, 0.6) is 0 Å². The first-order valence-electron chi connectivity index (χ1n) is 6.70. The molecule has 0 aromatic carbocycles. The summed E-state index contributed by atoms with van der Waals surface area (Å²) in [5.41, 5.74) is 0. The van der Waals surface area contributed by atoms with E-state index in [0.29, 0.717) is 0 Å². The molecular formula is C13H26N2. The minimum Gasteiger partial charge on any atom is -0.374 e. The van der Waals surface area contributed by atoms with Gasteiger partial charge in [-0.05, 0) is 19.3 Å². The van der Waals surface area contributed by atoms with Crippen molar-refractivity contribution in [3.8, 4) is 0 Å². The van der Waals surface area contributed by atoms with Crippen molar-refractivity contribution < 1.29 is 0 Å². The first-order valence-corrected chi connectivity index (χ1v) is 6.70. The fraction of sp³-hybridized carbons (Fsp3) is 0.923. The van der Waals surface area contributed by atoms with Crippen molar-refractivity contribution in [1.82, 2.24) is 5.32 Å². The fourth-order valence-electron chi connectivity index (χ4n) is 1.98. The van der Waals surface area contributed by atoms with Gasteiger partial charge in [-0.15, -0.1) is 0 Å². The summed E-state index contributed by atoms with van der Waals surface area (Å²) in [5, 5.41) is 3.46. The topological polar surface area (TPSA) is 24.4 Å². The molecule has 0 aromatic rings. The maximum Gasteiger partial charge on any atom is 0.0963 e. The molecule has 0 bridgehead atoms. The summed E-state index contributed by atoms with van der Waals surface area (Å²) < 4.78 is 0. The molecule has 0 saturated carbocycles. The average molecular weight is 210 g/mol. The monoisotopic (exact) mass is 210 g/mol. The van der Waals surface area contributed by atoms with E-state index in [4.69, 9.17) is 0 Å². The summed E-state index contributed by atoms with van der Waals surface area (Å²) in [6, 6.07) is 0. The third kappa shape index (κ3) is 6.53. The van der Waals surface area contributed by atoms with Crippen LogP contribution in [0.2, 0.25) is 0 Å². The predicted molar refractivity (Wildman–Crippen MR) is 67.5 cm³/mol. The van der Waals surface area contributed by atoms with E-state index in [1.54, 1.807) is 0 Å². The molecule has 1 heterocycles. The highest BCUT2D eigenvalue weighted by Crippen LogP contribution is 2.06. The van der Waals surface area contributed by atoms with Crippen LogP contribution in [0.3, 0.4) is 0 Å². The molecule has 0 spiro atoms. The molecule has 1 rings (SSSR count). The van der Waals surface area contributed by atoms with E-state index in [2.05, 4.69) is 17.2 Å². The Bertz CT molecular complexity index is 175. The molecular weight excluding hydrogens is 184 g/mol. The standard InChI is InChI=1S/C13H26N2/c1-2-3-4-5-6-8-11-14-13-10-7-9-12-15-13/h2-12H2,1H3,(H,14,15). The summed E-state index contributed by atoms with van der Waals surface area (Å²) in [6.07, 6.45) is 12.0. The Balaban J connectivity index is 1.86. The molecule has 0 radical (unpaired) electrons. The molecule has 15 heavy (non-hydrogen) atoms. The van der Waals surface area contributed by atoms with Gasteiger partial charge in [-0.2, -0.15) is 0 Å². The number of hydrogen-bond donors (Lipinski definition) is 1. The molecule has 0 fully saturated rings. The zero-order valence-electron chi connectivity index (χ0n) is 10.2. The molecule has 0 amide bonds. The Hall–Kier alpha value is -0.530. The van der Waals surface area contributed by atoms with Crippen molar-refractivity contribution in [2.45, 2.75) is 64.7 Å². The zero-order chi connectivity index (χ0) is 10.8. The van der Waals surface area contributed by atoms with Crippen molar-refractivity contribution in [2.24, 2.45) is 4.99 Å². The van der Waals surface area contributed by atoms with Gasteiger partial charge >= 0.3 is 0 Å². The van der Waals surface area contributed by atoms with Crippen molar-refractivity contribution >= 4 is 5.84 Å². The number of aliphatic imine (C=N–C) groups is 1. The van der Waals surface area contributed by atoms with Gasteiger partial charge in [0.25, 0.3) is 0 Å². The lowest BCUT2D eigenvalue weighted by molar-refractivity contribution is 0.597. The first kappa shape index (κ1) is 12.5. The minimum atomic E-state index is 1.04. The highest BCUT2D eigenvalue weighted by molar-refractivity contribution is 5.82. The van der Waals surface area contributed by atoms with Crippen LogP contribution in [-0.2, 0) is 0 Å². The van der Waals surface area contributed by atoms with Crippen LogP contribution in [0, 0.1) is 0 Å². The summed E-state index contributed by atoms with van der Waals surface area (Å²) >= 11 is 0. The first-order chi connectivity index (χ1) is 7.43. The van der Waals surface area contributed by atoms with Crippen LogP contribution in [0.1, 0.15) is 64.7 Å². The molecule has 2 nitrogen and oxygen atoms in total. The summed E-state index contributed by atoms with van der Waals surface area (Å²) in [4.78, 5) is 4.48. The second-order valence-electron chi connectivity index (χ2n) is 4.48. The van der Waals surface area contributed by atoms with E-state index in [0.717, 1.165) is 13.1 Å². The molecule has 1 aliphatic heterocycles. The van der Waals surface area contributed by atoms with E-state index in [1.807, 2.05) is 0 Å². The smallest absolute Gasteiger partial charge is 0.0963 e. The van der Waals surface area contributed by atoms with Crippen LogP contribution < -0.4 is 5.32 Å². The quantitative estimate of drug-likeness (QED) is 0.639. The Labute approximate surface area is 94.6 Å². The van der Waals surface area contributed by atoms with Gasteiger partial charge in [-0.1, -0.05) is 39.0 Å². The Morgan fingerprint density at radius 1 is 1.07 bits per heavy atom. The molecule has 2 heteroatoms. The molecule has 0 atom stereocenters. The van der Waals surface area contributed by atoms with Gasteiger partial charge < -0.3 is 5.32 Å². The van der Waals surface area contributed by atoms with Crippen molar-refractivity contribution in [2.75, 3.05) is 13.1 Å². The molecule has 1 aliphatic rings. The maximum absolute atomic E-state index is 4.48. The molecule has 0 aromatic heterocycles. The Kier molecular flexibility index (Phi) is 7.32. The number of nitrogens with one attached hydrogen (secondary N) is 1. The van der Waals surface area contributed by atoms with Gasteiger partial charge in [-0.3, -0.25) is 4.99 Å². The summed E-state index contributed by atoms with van der Waals surface area (Å²) in [5.74, 6) is 1.26. The Morgan fingerprint density at radius 2 is 1.87 bits per heavy atom. The maximum atomic E-state index is 4.48. The average Bonchev–Trinajstić information content (AvgIpc) is 2.29. The van der Waals surface area contributed by atoms with Crippen LogP contribution in [0.4, 0.5) is 0 Å². The molecule has 0 unspecified atom stereocenters. The van der Waals surface area contributed by atoms with E-state index in [-0.39, 0.29) is 0 Å². The van der Waals surface area contributed by atoms with Crippen molar-refractivity contribution in [3.63, 3.8) is 0 Å². The summed E-state index contributed by atoms with van der Waals surface area (Å²) in [7, 11) is 0. The lowest BCUT2D eigenvalue weighted by atomic mass is 10.1. The highest BCUT2D eigenvalue weighted by Gasteiger charge is 2.02. The second-order valence-corrected chi connectivity index (χ2v) is 4.48. The van der Waals surface area contributed by atoms with Gasteiger partial charge in [-0.25, -0.2) is 0 Å². The number of unbranched alkanes of at least 4 members (excludes halogenated alkanes) is 5. The van der Waals surface area contributed by atoms with Crippen molar-refractivity contribution in [3.05, 3.63) is 0 Å². The normalized spacial score (nSPS) is 16.2. The molecule has 0 saturated heterocycles.